The zero-order chi connectivity index (χ0) is 20.6. The highest BCUT2D eigenvalue weighted by molar-refractivity contribution is 5.95. The summed E-state index contributed by atoms with van der Waals surface area (Å²) in [5, 5.41) is 2.71. The van der Waals surface area contributed by atoms with Gasteiger partial charge in [0.2, 0.25) is 5.91 Å². The predicted molar refractivity (Wildman–Crippen MR) is 103 cm³/mol. The van der Waals surface area contributed by atoms with Gasteiger partial charge in [-0.25, -0.2) is 0 Å². The molecule has 1 aliphatic heterocycles. The number of rotatable bonds is 10. The number of ether oxygens (including phenoxy) is 2. The van der Waals surface area contributed by atoms with Crippen molar-refractivity contribution in [3.05, 3.63) is 54.5 Å². The van der Waals surface area contributed by atoms with Crippen molar-refractivity contribution in [2.24, 2.45) is 0 Å². The fraction of sp³-hybridized carbons (Fsp3) is 0.381. The zero-order valence-electron chi connectivity index (χ0n) is 16.2. The summed E-state index contributed by atoms with van der Waals surface area (Å²) in [6.45, 7) is 1.62. The number of carbonyl (C=O) groups is 3. The molecule has 1 aromatic heterocycles. The van der Waals surface area contributed by atoms with E-state index in [1.54, 1.807) is 43.5 Å². The summed E-state index contributed by atoms with van der Waals surface area (Å²) in [6.07, 6.45) is 2.71. The van der Waals surface area contributed by atoms with Crippen LogP contribution in [0.2, 0.25) is 0 Å². The summed E-state index contributed by atoms with van der Waals surface area (Å²) in [7, 11) is 0. The first-order valence-corrected chi connectivity index (χ1v) is 9.54. The van der Waals surface area contributed by atoms with Crippen LogP contribution in [0.3, 0.4) is 0 Å². The molecule has 1 aliphatic rings. The molecule has 1 aromatic carbocycles. The maximum absolute atomic E-state index is 12.5. The molecule has 0 unspecified atom stereocenters. The minimum atomic E-state index is -0.703. The normalized spacial score (nSPS) is 18.1. The molecule has 0 bridgehead atoms. The summed E-state index contributed by atoms with van der Waals surface area (Å²) in [6, 6.07) is 11.6. The fourth-order valence-corrected chi connectivity index (χ4v) is 3.25. The summed E-state index contributed by atoms with van der Waals surface area (Å²) < 4.78 is 15.7. The molecule has 2 atom stereocenters. The van der Waals surface area contributed by atoms with Crippen LogP contribution < -0.4 is 10.1 Å². The number of β-lactam (4-membered cyclic amide) rings is 1. The lowest BCUT2D eigenvalue weighted by molar-refractivity contribution is -0.162. The highest BCUT2D eigenvalue weighted by Gasteiger charge is 2.48. The third kappa shape index (κ3) is 5.37. The van der Waals surface area contributed by atoms with E-state index in [0.29, 0.717) is 18.6 Å². The molecule has 1 N–H and O–H groups in total. The standard InChI is InChI=1S/C21H24N2O6/c1-2-27-19(25)13-23-17(11-10-16-9-6-12-28-16)20(21(23)26)22-18(24)14-29-15-7-4-3-5-8-15/h3-9,12,17,20H,2,10-11,13-14H2,1H3,(H,22,24)/t17-,20+/m0/s1. The Morgan fingerprint density at radius 2 is 1.97 bits per heavy atom. The number of hydrogen-bond donors (Lipinski definition) is 1. The van der Waals surface area contributed by atoms with Gasteiger partial charge in [-0.15, -0.1) is 0 Å². The van der Waals surface area contributed by atoms with Gasteiger partial charge < -0.3 is 24.1 Å². The van der Waals surface area contributed by atoms with Crippen LogP contribution in [0.15, 0.2) is 53.1 Å². The number of nitrogens with one attached hydrogen (secondary N) is 1. The molecular weight excluding hydrogens is 376 g/mol. The molecule has 0 spiro atoms. The van der Waals surface area contributed by atoms with E-state index in [-0.39, 0.29) is 31.7 Å². The van der Waals surface area contributed by atoms with E-state index >= 15 is 0 Å². The van der Waals surface area contributed by atoms with Gasteiger partial charge in [-0.05, 0) is 37.6 Å². The Morgan fingerprint density at radius 3 is 2.66 bits per heavy atom. The number of likely N-dealkylation sites (tertiary alicyclic amines) is 1. The molecule has 8 heteroatoms. The van der Waals surface area contributed by atoms with Crippen LogP contribution in [-0.4, -0.2) is 54.5 Å². The topological polar surface area (TPSA) is 98.1 Å². The number of aryl methyl sites for hydroxylation is 1. The van der Waals surface area contributed by atoms with E-state index < -0.39 is 17.9 Å². The van der Waals surface area contributed by atoms with E-state index in [0.717, 1.165) is 5.76 Å². The smallest absolute Gasteiger partial charge is 0.325 e. The average Bonchev–Trinajstić information content (AvgIpc) is 3.25. The number of carbonyl (C=O) groups excluding carboxylic acids is 3. The van der Waals surface area contributed by atoms with Gasteiger partial charge in [-0.3, -0.25) is 14.4 Å². The number of para-hydroxylation sites is 1. The van der Waals surface area contributed by atoms with Crippen molar-refractivity contribution < 1.29 is 28.3 Å². The quantitative estimate of drug-likeness (QED) is 0.480. The van der Waals surface area contributed by atoms with Crippen LogP contribution in [0.1, 0.15) is 19.1 Å². The SMILES string of the molecule is CCOC(=O)CN1C(=O)[C@H](NC(=O)COc2ccccc2)[C@@H]1CCc1ccco1. The third-order valence-electron chi connectivity index (χ3n) is 4.64. The first-order chi connectivity index (χ1) is 14.1. The first-order valence-electron chi connectivity index (χ1n) is 9.54. The Kier molecular flexibility index (Phi) is 6.89. The molecule has 0 aliphatic carbocycles. The second-order valence-corrected chi connectivity index (χ2v) is 6.60. The van der Waals surface area contributed by atoms with Crippen LogP contribution in [0.4, 0.5) is 0 Å². The molecule has 3 rings (SSSR count). The highest BCUT2D eigenvalue weighted by atomic mass is 16.5. The van der Waals surface area contributed by atoms with Crippen LogP contribution in [0.5, 0.6) is 5.75 Å². The van der Waals surface area contributed by atoms with Gasteiger partial charge in [-0.2, -0.15) is 0 Å². The van der Waals surface area contributed by atoms with Crippen molar-refractivity contribution in [1.29, 1.82) is 0 Å². The van der Waals surface area contributed by atoms with Gasteiger partial charge in [0.15, 0.2) is 6.61 Å². The molecular formula is C21H24N2O6. The van der Waals surface area contributed by atoms with Gasteiger partial charge in [0.25, 0.3) is 5.91 Å². The molecule has 154 valence electrons. The van der Waals surface area contributed by atoms with Crippen LogP contribution in [-0.2, 0) is 25.5 Å². The number of esters is 1. The maximum atomic E-state index is 12.5. The molecule has 2 heterocycles. The second kappa shape index (κ2) is 9.77. The minimum absolute atomic E-state index is 0.137. The summed E-state index contributed by atoms with van der Waals surface area (Å²) in [4.78, 5) is 38.0. The Balaban J connectivity index is 1.57. The van der Waals surface area contributed by atoms with Crippen LogP contribution in [0, 0.1) is 0 Å². The van der Waals surface area contributed by atoms with Crippen molar-refractivity contribution in [3.63, 3.8) is 0 Å². The molecule has 1 fully saturated rings. The summed E-state index contributed by atoms with van der Waals surface area (Å²) in [5.41, 5.74) is 0. The van der Waals surface area contributed by atoms with Crippen molar-refractivity contribution >= 4 is 17.8 Å². The lowest BCUT2D eigenvalue weighted by Gasteiger charge is -2.46. The third-order valence-corrected chi connectivity index (χ3v) is 4.64. The van der Waals surface area contributed by atoms with E-state index in [1.165, 1.54) is 4.90 Å². The number of amides is 2. The lowest BCUT2D eigenvalue weighted by Crippen LogP contribution is -2.71. The number of furan rings is 1. The Morgan fingerprint density at radius 1 is 1.17 bits per heavy atom. The van der Waals surface area contributed by atoms with Crippen molar-refractivity contribution in [2.45, 2.75) is 31.8 Å². The lowest BCUT2D eigenvalue weighted by atomic mass is 9.90. The number of nitrogens with zero attached hydrogens (tertiary/aromatic N) is 1. The predicted octanol–water partition coefficient (Wildman–Crippen LogP) is 1.55. The first kappa shape index (κ1) is 20.4. The number of hydrogen-bond acceptors (Lipinski definition) is 6. The van der Waals surface area contributed by atoms with E-state index in [4.69, 9.17) is 13.9 Å². The second-order valence-electron chi connectivity index (χ2n) is 6.60. The van der Waals surface area contributed by atoms with Crippen LogP contribution in [0.25, 0.3) is 0 Å². The molecule has 2 aromatic rings. The molecule has 8 nitrogen and oxygen atoms in total. The molecule has 2 amide bonds. The fourth-order valence-electron chi connectivity index (χ4n) is 3.25. The summed E-state index contributed by atoms with van der Waals surface area (Å²) in [5.74, 6) is 0.168. The van der Waals surface area contributed by atoms with Gasteiger partial charge in [0, 0.05) is 6.42 Å². The molecule has 0 saturated carbocycles. The molecule has 0 radical (unpaired) electrons. The monoisotopic (exact) mass is 400 g/mol. The van der Waals surface area contributed by atoms with E-state index in [1.807, 2.05) is 12.1 Å². The van der Waals surface area contributed by atoms with E-state index in [2.05, 4.69) is 5.32 Å². The van der Waals surface area contributed by atoms with Gasteiger partial charge >= 0.3 is 5.97 Å². The Bertz CT molecular complexity index is 821. The summed E-state index contributed by atoms with van der Waals surface area (Å²) >= 11 is 0. The Hall–Kier alpha value is -3.29. The van der Waals surface area contributed by atoms with Gasteiger partial charge in [-0.1, -0.05) is 18.2 Å². The van der Waals surface area contributed by atoms with Gasteiger partial charge in [0.05, 0.1) is 18.9 Å². The molecule has 1 saturated heterocycles. The highest BCUT2D eigenvalue weighted by Crippen LogP contribution is 2.25. The van der Waals surface area contributed by atoms with Gasteiger partial charge in [0.1, 0.15) is 24.1 Å². The van der Waals surface area contributed by atoms with E-state index in [9.17, 15) is 14.4 Å². The Labute approximate surface area is 168 Å². The maximum Gasteiger partial charge on any atom is 0.325 e. The minimum Gasteiger partial charge on any atom is -0.484 e. The van der Waals surface area contributed by atoms with Crippen molar-refractivity contribution in [1.82, 2.24) is 10.2 Å². The number of benzene rings is 1. The zero-order valence-corrected chi connectivity index (χ0v) is 16.2. The molecule has 29 heavy (non-hydrogen) atoms. The van der Waals surface area contributed by atoms with Crippen molar-refractivity contribution in [3.8, 4) is 5.75 Å². The largest absolute Gasteiger partial charge is 0.484 e. The average molecular weight is 400 g/mol. The van der Waals surface area contributed by atoms with Crippen LogP contribution >= 0.6 is 0 Å². The van der Waals surface area contributed by atoms with Crippen molar-refractivity contribution in [2.75, 3.05) is 19.8 Å².